The highest BCUT2D eigenvalue weighted by Crippen LogP contribution is 2.28. The lowest BCUT2D eigenvalue weighted by molar-refractivity contribution is 0.137. The van der Waals surface area contributed by atoms with Crippen molar-refractivity contribution in [3.05, 3.63) is 17.7 Å². The number of likely N-dealkylation sites (tertiary alicyclic amines) is 1. The van der Waals surface area contributed by atoms with Gasteiger partial charge in [-0.05, 0) is 51.7 Å². The van der Waals surface area contributed by atoms with Crippen molar-refractivity contribution in [2.75, 3.05) is 20.1 Å². The molecule has 3 heterocycles. The molecule has 1 fully saturated rings. The van der Waals surface area contributed by atoms with Gasteiger partial charge in [0.05, 0.1) is 18.0 Å². The lowest BCUT2D eigenvalue weighted by atomic mass is 9.93. The molecule has 2 aliphatic heterocycles. The van der Waals surface area contributed by atoms with Crippen LogP contribution in [0.25, 0.3) is 0 Å². The number of rotatable bonds is 2. The summed E-state index contributed by atoms with van der Waals surface area (Å²) in [4.78, 5) is 6.95. The maximum absolute atomic E-state index is 9.95. The summed E-state index contributed by atoms with van der Waals surface area (Å²) in [7, 11) is 2.20. The predicted octanol–water partition coefficient (Wildman–Crippen LogP) is 1.59. The van der Waals surface area contributed by atoms with Gasteiger partial charge >= 0.3 is 0 Å². The van der Waals surface area contributed by atoms with E-state index in [-0.39, 0.29) is 6.10 Å². The highest BCUT2D eigenvalue weighted by Gasteiger charge is 2.24. The number of fused-ring (bicyclic) bond motifs is 1. The van der Waals surface area contributed by atoms with Gasteiger partial charge in [-0.2, -0.15) is 0 Å². The van der Waals surface area contributed by atoms with Crippen molar-refractivity contribution in [1.29, 1.82) is 0 Å². The molecule has 1 N–H and O–H groups in total. The molecule has 4 heteroatoms. The van der Waals surface area contributed by atoms with E-state index in [0.29, 0.717) is 0 Å². The number of aliphatic hydroxyl groups is 1. The van der Waals surface area contributed by atoms with Crippen molar-refractivity contribution in [3.63, 3.8) is 0 Å². The van der Waals surface area contributed by atoms with Crippen LogP contribution in [-0.4, -0.2) is 39.7 Å². The van der Waals surface area contributed by atoms with E-state index in [1.807, 2.05) is 6.20 Å². The standard InChI is InChI=1S/C14H23N3O/c1-16-7-4-11(5-8-16)9-14-15-10-12-13(18)3-2-6-17(12)14/h10-11,13,18H,2-9H2,1H3. The molecule has 1 aromatic heterocycles. The first kappa shape index (κ1) is 12.2. The number of imidazole rings is 1. The van der Waals surface area contributed by atoms with Gasteiger partial charge in [0.15, 0.2) is 0 Å². The van der Waals surface area contributed by atoms with Gasteiger partial charge in [-0.1, -0.05) is 0 Å². The summed E-state index contributed by atoms with van der Waals surface area (Å²) in [6, 6.07) is 0. The molecule has 0 amide bonds. The van der Waals surface area contributed by atoms with Gasteiger partial charge in [0.25, 0.3) is 0 Å². The maximum Gasteiger partial charge on any atom is 0.109 e. The van der Waals surface area contributed by atoms with E-state index >= 15 is 0 Å². The second-order valence-electron chi connectivity index (χ2n) is 5.86. The fourth-order valence-corrected chi connectivity index (χ4v) is 3.23. The molecule has 0 aliphatic carbocycles. The fourth-order valence-electron chi connectivity index (χ4n) is 3.23. The number of aromatic nitrogens is 2. The lowest BCUT2D eigenvalue weighted by Crippen LogP contribution is -2.31. The van der Waals surface area contributed by atoms with Crippen LogP contribution in [0.15, 0.2) is 6.20 Å². The molecule has 0 bridgehead atoms. The molecule has 0 radical (unpaired) electrons. The Morgan fingerprint density at radius 1 is 1.28 bits per heavy atom. The number of piperidine rings is 1. The van der Waals surface area contributed by atoms with Crippen molar-refractivity contribution in [3.8, 4) is 0 Å². The summed E-state index contributed by atoms with van der Waals surface area (Å²) in [5.41, 5.74) is 1.03. The summed E-state index contributed by atoms with van der Waals surface area (Å²) >= 11 is 0. The molecule has 3 rings (SSSR count). The molecule has 18 heavy (non-hydrogen) atoms. The SMILES string of the molecule is CN1CCC(Cc2ncc3n2CCCC3O)CC1. The smallest absolute Gasteiger partial charge is 0.109 e. The Morgan fingerprint density at radius 2 is 2.06 bits per heavy atom. The molecule has 1 aromatic rings. The minimum atomic E-state index is -0.294. The van der Waals surface area contributed by atoms with E-state index in [1.165, 1.54) is 31.8 Å². The largest absolute Gasteiger partial charge is 0.387 e. The summed E-state index contributed by atoms with van der Waals surface area (Å²) in [6.45, 7) is 3.45. The van der Waals surface area contributed by atoms with Crippen LogP contribution >= 0.6 is 0 Å². The average molecular weight is 249 g/mol. The van der Waals surface area contributed by atoms with Gasteiger partial charge in [-0.3, -0.25) is 0 Å². The van der Waals surface area contributed by atoms with Gasteiger partial charge in [0.1, 0.15) is 5.82 Å². The second-order valence-corrected chi connectivity index (χ2v) is 5.86. The van der Waals surface area contributed by atoms with Crippen molar-refractivity contribution in [1.82, 2.24) is 14.5 Å². The molecule has 0 saturated carbocycles. The molecule has 1 unspecified atom stereocenters. The molecule has 2 aliphatic rings. The third-order valence-electron chi connectivity index (χ3n) is 4.48. The quantitative estimate of drug-likeness (QED) is 0.865. The minimum absolute atomic E-state index is 0.294. The van der Waals surface area contributed by atoms with Crippen LogP contribution in [0.5, 0.6) is 0 Å². The molecule has 0 spiro atoms. The van der Waals surface area contributed by atoms with E-state index in [0.717, 1.165) is 37.4 Å². The van der Waals surface area contributed by atoms with Crippen molar-refractivity contribution in [2.24, 2.45) is 5.92 Å². The summed E-state index contributed by atoms with van der Waals surface area (Å²) in [5.74, 6) is 1.96. The molecular formula is C14H23N3O. The van der Waals surface area contributed by atoms with E-state index in [1.54, 1.807) is 0 Å². The Morgan fingerprint density at radius 3 is 2.83 bits per heavy atom. The third-order valence-corrected chi connectivity index (χ3v) is 4.48. The van der Waals surface area contributed by atoms with E-state index in [9.17, 15) is 5.11 Å². The molecule has 1 saturated heterocycles. The number of hydrogen-bond donors (Lipinski definition) is 1. The highest BCUT2D eigenvalue weighted by atomic mass is 16.3. The van der Waals surface area contributed by atoms with Crippen LogP contribution in [0.2, 0.25) is 0 Å². The molecular weight excluding hydrogens is 226 g/mol. The van der Waals surface area contributed by atoms with Gasteiger partial charge in [-0.25, -0.2) is 4.98 Å². The fraction of sp³-hybridized carbons (Fsp3) is 0.786. The number of hydrogen-bond acceptors (Lipinski definition) is 3. The van der Waals surface area contributed by atoms with Gasteiger partial charge in [0.2, 0.25) is 0 Å². The topological polar surface area (TPSA) is 41.3 Å². The molecule has 0 aromatic carbocycles. The van der Waals surface area contributed by atoms with Crippen LogP contribution in [-0.2, 0) is 13.0 Å². The first-order valence-electron chi connectivity index (χ1n) is 7.15. The molecule has 100 valence electrons. The van der Waals surface area contributed by atoms with E-state index in [4.69, 9.17) is 0 Å². The van der Waals surface area contributed by atoms with Crippen molar-refractivity contribution < 1.29 is 5.11 Å². The van der Waals surface area contributed by atoms with Crippen molar-refractivity contribution in [2.45, 2.75) is 44.8 Å². The Hall–Kier alpha value is -0.870. The Labute approximate surface area is 109 Å². The molecule has 1 atom stereocenters. The summed E-state index contributed by atoms with van der Waals surface area (Å²) in [6.07, 6.45) is 7.19. The maximum atomic E-state index is 9.95. The second kappa shape index (κ2) is 5.02. The monoisotopic (exact) mass is 249 g/mol. The zero-order chi connectivity index (χ0) is 12.5. The lowest BCUT2D eigenvalue weighted by Gasteiger charge is -2.29. The highest BCUT2D eigenvalue weighted by molar-refractivity contribution is 5.11. The predicted molar refractivity (Wildman–Crippen MR) is 70.3 cm³/mol. The summed E-state index contributed by atoms with van der Waals surface area (Å²) in [5, 5.41) is 9.95. The van der Waals surface area contributed by atoms with Gasteiger partial charge < -0.3 is 14.6 Å². The van der Waals surface area contributed by atoms with Crippen LogP contribution in [0.3, 0.4) is 0 Å². The van der Waals surface area contributed by atoms with Crippen molar-refractivity contribution >= 4 is 0 Å². The first-order chi connectivity index (χ1) is 8.74. The Kier molecular flexibility index (Phi) is 3.39. The van der Waals surface area contributed by atoms with E-state index in [2.05, 4.69) is 21.5 Å². The normalized spacial score (nSPS) is 26.2. The Bertz CT molecular complexity index is 407. The first-order valence-corrected chi connectivity index (χ1v) is 7.15. The van der Waals surface area contributed by atoms with Crippen LogP contribution in [0, 0.1) is 5.92 Å². The van der Waals surface area contributed by atoms with Gasteiger partial charge in [-0.15, -0.1) is 0 Å². The summed E-state index contributed by atoms with van der Waals surface area (Å²) < 4.78 is 2.26. The number of nitrogens with zero attached hydrogens (tertiary/aromatic N) is 3. The molecule has 4 nitrogen and oxygen atoms in total. The minimum Gasteiger partial charge on any atom is -0.387 e. The van der Waals surface area contributed by atoms with Crippen LogP contribution < -0.4 is 0 Å². The zero-order valence-electron chi connectivity index (χ0n) is 11.2. The Balaban J connectivity index is 1.70. The van der Waals surface area contributed by atoms with Crippen LogP contribution in [0.4, 0.5) is 0 Å². The van der Waals surface area contributed by atoms with Gasteiger partial charge in [0, 0.05) is 13.0 Å². The average Bonchev–Trinajstić information content (AvgIpc) is 2.77. The number of aliphatic hydroxyl groups excluding tert-OH is 1. The third kappa shape index (κ3) is 2.31. The van der Waals surface area contributed by atoms with Crippen LogP contribution in [0.1, 0.15) is 43.3 Å². The van der Waals surface area contributed by atoms with E-state index < -0.39 is 0 Å². The zero-order valence-corrected chi connectivity index (χ0v) is 11.2.